The predicted octanol–water partition coefficient (Wildman–Crippen LogP) is 1.39. The highest BCUT2D eigenvalue weighted by Crippen LogP contribution is 2.19. The van der Waals surface area contributed by atoms with Crippen molar-refractivity contribution in [3.63, 3.8) is 0 Å². The molecule has 0 radical (unpaired) electrons. The third-order valence-corrected chi connectivity index (χ3v) is 4.34. The number of carbonyl (C=O) groups is 1. The van der Waals surface area contributed by atoms with E-state index in [4.69, 9.17) is 0 Å². The molecule has 0 saturated heterocycles. The van der Waals surface area contributed by atoms with E-state index in [1.807, 2.05) is 25.6 Å². The number of aromatic nitrogens is 2. The molecule has 1 fully saturated rings. The van der Waals surface area contributed by atoms with Crippen LogP contribution in [-0.2, 0) is 18.3 Å². The number of aliphatic hydroxyl groups excluding tert-OH is 1. The highest BCUT2D eigenvalue weighted by atomic mass is 16.3. The number of hydrogen-bond donors (Lipinski definition) is 2. The Bertz CT molecular complexity index is 482. The Kier molecular flexibility index (Phi) is 4.81. The Hall–Kier alpha value is -1.36. The second-order valence-corrected chi connectivity index (χ2v) is 5.80. The van der Waals surface area contributed by atoms with E-state index in [9.17, 15) is 9.90 Å². The number of rotatable bonds is 4. The van der Waals surface area contributed by atoms with Gasteiger partial charge >= 0.3 is 0 Å². The number of hydrogen-bond acceptors (Lipinski definition) is 3. The number of aliphatic hydroxyl groups is 1. The first-order valence-corrected chi connectivity index (χ1v) is 7.45. The molecule has 2 N–H and O–H groups in total. The maximum atomic E-state index is 12.0. The van der Waals surface area contributed by atoms with Gasteiger partial charge in [-0.1, -0.05) is 12.8 Å². The third kappa shape index (κ3) is 3.39. The van der Waals surface area contributed by atoms with Crippen LogP contribution < -0.4 is 5.32 Å². The molecule has 1 aliphatic rings. The molecule has 0 unspecified atom stereocenters. The fraction of sp³-hybridized carbons (Fsp3) is 0.733. The van der Waals surface area contributed by atoms with Crippen molar-refractivity contribution in [1.29, 1.82) is 0 Å². The summed E-state index contributed by atoms with van der Waals surface area (Å²) in [5.41, 5.74) is 3.27. The molecule has 1 aliphatic carbocycles. The van der Waals surface area contributed by atoms with Crippen molar-refractivity contribution in [3.8, 4) is 0 Å². The average molecular weight is 279 g/mol. The molecule has 20 heavy (non-hydrogen) atoms. The molecule has 2 rings (SSSR count). The van der Waals surface area contributed by atoms with Crippen molar-refractivity contribution in [2.75, 3.05) is 0 Å². The lowest BCUT2D eigenvalue weighted by atomic mass is 9.92. The first-order valence-electron chi connectivity index (χ1n) is 7.45. The van der Waals surface area contributed by atoms with Gasteiger partial charge in [-0.2, -0.15) is 5.10 Å². The quantitative estimate of drug-likeness (QED) is 0.875. The first kappa shape index (κ1) is 15.0. The summed E-state index contributed by atoms with van der Waals surface area (Å²) in [6.07, 6.45) is 4.61. The van der Waals surface area contributed by atoms with Gasteiger partial charge in [0.2, 0.25) is 5.91 Å². The van der Waals surface area contributed by atoms with E-state index >= 15 is 0 Å². The van der Waals surface area contributed by atoms with Crippen LogP contribution in [0.5, 0.6) is 0 Å². The summed E-state index contributed by atoms with van der Waals surface area (Å²) in [4.78, 5) is 12.0. The molecule has 1 aromatic rings. The minimum absolute atomic E-state index is 0.0265. The Morgan fingerprint density at radius 3 is 2.70 bits per heavy atom. The van der Waals surface area contributed by atoms with Gasteiger partial charge in [-0.3, -0.25) is 9.48 Å². The minimum Gasteiger partial charge on any atom is -0.391 e. The summed E-state index contributed by atoms with van der Waals surface area (Å²) >= 11 is 0. The molecule has 2 atom stereocenters. The Morgan fingerprint density at radius 2 is 2.10 bits per heavy atom. The van der Waals surface area contributed by atoms with Crippen LogP contribution in [0.2, 0.25) is 0 Å². The summed E-state index contributed by atoms with van der Waals surface area (Å²) in [7, 11) is 1.92. The van der Waals surface area contributed by atoms with Crippen LogP contribution in [0, 0.1) is 13.8 Å². The molecule has 1 heterocycles. The molecule has 5 heteroatoms. The number of nitrogens with one attached hydrogen (secondary N) is 1. The van der Waals surface area contributed by atoms with Crippen molar-refractivity contribution < 1.29 is 9.90 Å². The van der Waals surface area contributed by atoms with Crippen molar-refractivity contribution in [3.05, 3.63) is 17.0 Å². The fourth-order valence-electron chi connectivity index (χ4n) is 2.98. The zero-order valence-electron chi connectivity index (χ0n) is 12.6. The van der Waals surface area contributed by atoms with Crippen LogP contribution in [0.25, 0.3) is 0 Å². The number of carbonyl (C=O) groups excluding carboxylic acids is 1. The van der Waals surface area contributed by atoms with Crippen LogP contribution >= 0.6 is 0 Å². The molecular weight excluding hydrogens is 254 g/mol. The van der Waals surface area contributed by atoms with Crippen LogP contribution in [0.15, 0.2) is 0 Å². The van der Waals surface area contributed by atoms with Crippen molar-refractivity contribution in [2.45, 2.75) is 64.5 Å². The normalized spacial score (nSPS) is 22.8. The molecule has 1 amide bonds. The van der Waals surface area contributed by atoms with E-state index in [0.717, 1.165) is 42.6 Å². The zero-order valence-corrected chi connectivity index (χ0v) is 12.6. The van der Waals surface area contributed by atoms with Gasteiger partial charge in [0.25, 0.3) is 0 Å². The number of amides is 1. The topological polar surface area (TPSA) is 67.2 Å². The zero-order chi connectivity index (χ0) is 14.7. The average Bonchev–Trinajstić information content (AvgIpc) is 2.64. The maximum absolute atomic E-state index is 12.0. The summed E-state index contributed by atoms with van der Waals surface area (Å²) in [6, 6.07) is -0.0626. The molecule has 0 spiro atoms. The van der Waals surface area contributed by atoms with Gasteiger partial charge in [0.15, 0.2) is 0 Å². The molecule has 0 aliphatic heterocycles. The molecule has 1 aromatic heterocycles. The molecule has 1 saturated carbocycles. The van der Waals surface area contributed by atoms with Crippen LogP contribution in [0.3, 0.4) is 0 Å². The lowest BCUT2D eigenvalue weighted by molar-refractivity contribution is -0.123. The van der Waals surface area contributed by atoms with E-state index in [0.29, 0.717) is 12.8 Å². The Morgan fingerprint density at radius 1 is 1.40 bits per heavy atom. The molecule has 0 aromatic carbocycles. The van der Waals surface area contributed by atoms with Gasteiger partial charge in [-0.15, -0.1) is 0 Å². The van der Waals surface area contributed by atoms with E-state index in [1.54, 1.807) is 0 Å². The largest absolute Gasteiger partial charge is 0.391 e. The highest BCUT2D eigenvalue weighted by Gasteiger charge is 2.24. The summed E-state index contributed by atoms with van der Waals surface area (Å²) < 4.78 is 1.85. The van der Waals surface area contributed by atoms with Gasteiger partial charge in [0, 0.05) is 19.2 Å². The maximum Gasteiger partial charge on any atom is 0.220 e. The van der Waals surface area contributed by atoms with E-state index in [1.165, 1.54) is 0 Å². The SMILES string of the molecule is Cc1nn(C)c(C)c1CCC(=O)N[C@H]1CCCC[C@@H]1O. The number of nitrogens with zero attached hydrogens (tertiary/aromatic N) is 2. The minimum atomic E-state index is -0.380. The fourth-order valence-corrected chi connectivity index (χ4v) is 2.98. The monoisotopic (exact) mass is 279 g/mol. The first-order chi connectivity index (χ1) is 9.49. The predicted molar refractivity (Wildman–Crippen MR) is 77.4 cm³/mol. The number of aryl methyl sites for hydroxylation is 2. The highest BCUT2D eigenvalue weighted by molar-refractivity contribution is 5.76. The second-order valence-electron chi connectivity index (χ2n) is 5.80. The van der Waals surface area contributed by atoms with Gasteiger partial charge in [-0.05, 0) is 38.7 Å². The van der Waals surface area contributed by atoms with Crippen LogP contribution in [0.1, 0.15) is 49.1 Å². The van der Waals surface area contributed by atoms with Crippen molar-refractivity contribution >= 4 is 5.91 Å². The molecule has 0 bridgehead atoms. The van der Waals surface area contributed by atoms with Gasteiger partial charge in [0.1, 0.15) is 0 Å². The summed E-state index contributed by atoms with van der Waals surface area (Å²) in [5.74, 6) is 0.0265. The van der Waals surface area contributed by atoms with E-state index < -0.39 is 0 Å². The Balaban J connectivity index is 1.86. The lowest BCUT2D eigenvalue weighted by Gasteiger charge is -2.28. The van der Waals surface area contributed by atoms with E-state index in [-0.39, 0.29) is 18.1 Å². The molecule has 112 valence electrons. The third-order valence-electron chi connectivity index (χ3n) is 4.34. The lowest BCUT2D eigenvalue weighted by Crippen LogP contribution is -2.45. The van der Waals surface area contributed by atoms with Gasteiger partial charge in [0.05, 0.1) is 17.8 Å². The summed E-state index contributed by atoms with van der Waals surface area (Å²) in [5, 5.41) is 17.2. The van der Waals surface area contributed by atoms with Gasteiger partial charge < -0.3 is 10.4 Å². The van der Waals surface area contributed by atoms with Crippen molar-refractivity contribution in [2.24, 2.45) is 7.05 Å². The van der Waals surface area contributed by atoms with E-state index in [2.05, 4.69) is 10.4 Å². The second kappa shape index (κ2) is 6.39. The van der Waals surface area contributed by atoms with Crippen LogP contribution in [0.4, 0.5) is 0 Å². The molecule has 5 nitrogen and oxygen atoms in total. The smallest absolute Gasteiger partial charge is 0.220 e. The van der Waals surface area contributed by atoms with Crippen LogP contribution in [-0.4, -0.2) is 32.9 Å². The van der Waals surface area contributed by atoms with Crippen molar-refractivity contribution in [1.82, 2.24) is 15.1 Å². The summed E-state index contributed by atoms with van der Waals surface area (Å²) in [6.45, 7) is 4.00. The standard InChI is InChI=1S/C15H25N3O2/c1-10-12(11(2)18(3)17-10)8-9-15(20)16-13-6-4-5-7-14(13)19/h13-14,19H,4-9H2,1-3H3,(H,16,20)/t13-,14-/m0/s1. The molecular formula is C15H25N3O2. The van der Waals surface area contributed by atoms with Gasteiger partial charge in [-0.25, -0.2) is 0 Å². The Labute approximate surface area is 120 Å².